The fourth-order valence-electron chi connectivity index (χ4n) is 2.30. The lowest BCUT2D eigenvalue weighted by atomic mass is 10.2. The van der Waals surface area contributed by atoms with Crippen molar-refractivity contribution in [2.75, 3.05) is 26.0 Å². The molecule has 2 atom stereocenters. The van der Waals surface area contributed by atoms with Gasteiger partial charge in [-0.1, -0.05) is 0 Å². The zero-order valence-corrected chi connectivity index (χ0v) is 13.0. The predicted molar refractivity (Wildman–Crippen MR) is 76.1 cm³/mol. The van der Waals surface area contributed by atoms with Gasteiger partial charge in [0.15, 0.2) is 11.6 Å². The molecule has 21 heavy (non-hydrogen) atoms. The molecule has 1 aliphatic heterocycles. The number of methoxy groups -OCH3 is 1. The molecule has 0 bridgehead atoms. The van der Waals surface area contributed by atoms with Crippen LogP contribution in [-0.4, -0.2) is 45.1 Å². The largest absolute Gasteiger partial charge is 0.492 e. The summed E-state index contributed by atoms with van der Waals surface area (Å²) in [7, 11) is -2.56. The fourth-order valence-corrected chi connectivity index (χ4v) is 4.04. The molecule has 1 heterocycles. The molecule has 0 spiro atoms. The van der Waals surface area contributed by atoms with Crippen molar-refractivity contribution in [3.05, 3.63) is 17.9 Å². The quantitative estimate of drug-likeness (QED) is 0.847. The van der Waals surface area contributed by atoms with Gasteiger partial charge in [-0.25, -0.2) is 12.8 Å². The van der Waals surface area contributed by atoms with Crippen LogP contribution in [0.1, 0.15) is 13.8 Å². The maximum atomic E-state index is 13.9. The summed E-state index contributed by atoms with van der Waals surface area (Å²) >= 11 is 0. The Bertz CT molecular complexity index is 612. The highest BCUT2D eigenvalue weighted by atomic mass is 32.2. The Kier molecular flexibility index (Phi) is 4.40. The average Bonchev–Trinajstić information content (AvgIpc) is 2.41. The molecule has 1 aliphatic rings. The zero-order valence-electron chi connectivity index (χ0n) is 12.2. The monoisotopic (exact) mass is 318 g/mol. The Balaban J connectivity index is 2.44. The summed E-state index contributed by atoms with van der Waals surface area (Å²) < 4.78 is 50.7. The Morgan fingerprint density at radius 2 is 2.10 bits per heavy atom. The summed E-state index contributed by atoms with van der Waals surface area (Å²) in [5, 5.41) is 0. The minimum absolute atomic E-state index is 0.0509. The lowest BCUT2D eigenvalue weighted by Crippen LogP contribution is -2.50. The summed E-state index contributed by atoms with van der Waals surface area (Å²) in [6.45, 7) is 4.05. The number of rotatable bonds is 3. The molecular formula is C13H19FN2O4S. The molecule has 0 amide bonds. The molecule has 1 aromatic rings. The molecule has 0 aliphatic carbocycles. The molecule has 118 valence electrons. The van der Waals surface area contributed by atoms with E-state index in [1.54, 1.807) is 13.8 Å². The van der Waals surface area contributed by atoms with E-state index in [0.717, 1.165) is 6.07 Å². The number of hydrogen-bond acceptors (Lipinski definition) is 5. The maximum absolute atomic E-state index is 13.9. The first-order chi connectivity index (χ1) is 9.77. The van der Waals surface area contributed by atoms with Gasteiger partial charge in [-0.3, -0.25) is 0 Å². The van der Waals surface area contributed by atoms with Gasteiger partial charge >= 0.3 is 0 Å². The molecule has 0 saturated carbocycles. The highest BCUT2D eigenvalue weighted by Crippen LogP contribution is 2.31. The molecule has 1 fully saturated rings. The Hall–Kier alpha value is -1.38. The molecule has 2 rings (SSSR count). The van der Waals surface area contributed by atoms with Crippen molar-refractivity contribution < 1.29 is 22.3 Å². The second-order valence-corrected chi connectivity index (χ2v) is 6.99. The Morgan fingerprint density at radius 1 is 1.43 bits per heavy atom. The summed E-state index contributed by atoms with van der Waals surface area (Å²) in [6, 6.07) is 1.82. The van der Waals surface area contributed by atoms with E-state index >= 15 is 0 Å². The highest BCUT2D eigenvalue weighted by Gasteiger charge is 2.34. The second kappa shape index (κ2) is 5.78. The fraction of sp³-hybridized carbons (Fsp3) is 0.538. The maximum Gasteiger partial charge on any atom is 0.243 e. The molecule has 6 nitrogen and oxygen atoms in total. The Labute approximate surface area is 123 Å². The van der Waals surface area contributed by atoms with E-state index in [1.807, 2.05) is 0 Å². The first kappa shape index (κ1) is 16.0. The van der Waals surface area contributed by atoms with Crippen molar-refractivity contribution in [1.82, 2.24) is 4.31 Å². The van der Waals surface area contributed by atoms with Crippen molar-refractivity contribution in [2.24, 2.45) is 0 Å². The van der Waals surface area contributed by atoms with Gasteiger partial charge in [0.25, 0.3) is 0 Å². The van der Waals surface area contributed by atoms with Crippen LogP contribution in [0.4, 0.5) is 10.1 Å². The molecule has 2 unspecified atom stereocenters. The van der Waals surface area contributed by atoms with Gasteiger partial charge in [-0.2, -0.15) is 4.31 Å². The van der Waals surface area contributed by atoms with E-state index < -0.39 is 15.8 Å². The average molecular weight is 318 g/mol. The normalized spacial score (nSPS) is 24.0. The molecule has 2 N–H and O–H groups in total. The summed E-state index contributed by atoms with van der Waals surface area (Å²) in [4.78, 5) is -0.181. The van der Waals surface area contributed by atoms with E-state index in [2.05, 4.69) is 0 Å². The number of nitrogen functional groups attached to an aromatic ring is 1. The van der Waals surface area contributed by atoms with E-state index in [4.69, 9.17) is 15.2 Å². The molecule has 1 saturated heterocycles. The van der Waals surface area contributed by atoms with E-state index in [1.165, 1.54) is 17.5 Å². The van der Waals surface area contributed by atoms with Gasteiger partial charge in [-0.05, 0) is 26.0 Å². The predicted octanol–water partition coefficient (Wildman–Crippen LogP) is 1.21. The third kappa shape index (κ3) is 2.97. The topological polar surface area (TPSA) is 81.9 Å². The molecule has 0 radical (unpaired) electrons. The molecule has 0 aromatic heterocycles. The van der Waals surface area contributed by atoms with Gasteiger partial charge in [0.05, 0.1) is 30.4 Å². The van der Waals surface area contributed by atoms with Crippen LogP contribution < -0.4 is 10.5 Å². The third-order valence-electron chi connectivity index (χ3n) is 3.41. The van der Waals surface area contributed by atoms with E-state index in [0.29, 0.717) is 6.61 Å². The number of halogens is 1. The van der Waals surface area contributed by atoms with Crippen LogP contribution in [0, 0.1) is 5.82 Å². The van der Waals surface area contributed by atoms with E-state index in [-0.39, 0.29) is 35.0 Å². The lowest BCUT2D eigenvalue weighted by Gasteiger charge is -2.35. The van der Waals surface area contributed by atoms with Crippen molar-refractivity contribution in [1.29, 1.82) is 0 Å². The summed E-state index contributed by atoms with van der Waals surface area (Å²) in [5.41, 5.74) is 5.60. The first-order valence-corrected chi connectivity index (χ1v) is 7.97. The van der Waals surface area contributed by atoms with Crippen LogP contribution in [0.2, 0.25) is 0 Å². The molecule has 8 heteroatoms. The van der Waals surface area contributed by atoms with E-state index in [9.17, 15) is 12.8 Å². The number of sulfonamides is 1. The van der Waals surface area contributed by atoms with Crippen molar-refractivity contribution in [3.63, 3.8) is 0 Å². The van der Waals surface area contributed by atoms with Crippen LogP contribution in [0.5, 0.6) is 5.75 Å². The van der Waals surface area contributed by atoms with Gasteiger partial charge < -0.3 is 15.2 Å². The van der Waals surface area contributed by atoms with Gasteiger partial charge in [0.2, 0.25) is 10.0 Å². The van der Waals surface area contributed by atoms with Gasteiger partial charge in [0, 0.05) is 12.6 Å². The SMILES string of the molecule is COc1c(N)cc(S(=O)(=O)N2CC(C)OCC2C)cc1F. The van der Waals surface area contributed by atoms with Crippen LogP contribution in [0.15, 0.2) is 17.0 Å². The smallest absolute Gasteiger partial charge is 0.243 e. The second-order valence-electron chi connectivity index (χ2n) is 5.10. The minimum atomic E-state index is -3.84. The van der Waals surface area contributed by atoms with Crippen molar-refractivity contribution in [3.8, 4) is 5.75 Å². The number of ether oxygens (including phenoxy) is 2. The van der Waals surface area contributed by atoms with Crippen molar-refractivity contribution in [2.45, 2.75) is 30.9 Å². The number of anilines is 1. The lowest BCUT2D eigenvalue weighted by molar-refractivity contribution is -0.0170. The van der Waals surface area contributed by atoms with Crippen LogP contribution in [0.25, 0.3) is 0 Å². The Morgan fingerprint density at radius 3 is 2.67 bits per heavy atom. The highest BCUT2D eigenvalue weighted by molar-refractivity contribution is 7.89. The number of benzene rings is 1. The molecular weight excluding hydrogens is 299 g/mol. The zero-order chi connectivity index (χ0) is 15.8. The number of hydrogen-bond donors (Lipinski definition) is 1. The van der Waals surface area contributed by atoms with Crippen LogP contribution in [-0.2, 0) is 14.8 Å². The first-order valence-electron chi connectivity index (χ1n) is 6.53. The van der Waals surface area contributed by atoms with Gasteiger partial charge in [0.1, 0.15) is 0 Å². The minimum Gasteiger partial charge on any atom is -0.492 e. The van der Waals surface area contributed by atoms with Crippen LogP contribution in [0.3, 0.4) is 0 Å². The number of morpholine rings is 1. The number of nitrogens with two attached hydrogens (primary N) is 1. The van der Waals surface area contributed by atoms with Crippen molar-refractivity contribution >= 4 is 15.7 Å². The van der Waals surface area contributed by atoms with Crippen LogP contribution >= 0.6 is 0 Å². The molecule has 1 aromatic carbocycles. The number of nitrogens with zero attached hydrogens (tertiary/aromatic N) is 1. The van der Waals surface area contributed by atoms with Gasteiger partial charge in [-0.15, -0.1) is 0 Å². The third-order valence-corrected chi connectivity index (χ3v) is 5.37. The standard InChI is InChI=1S/C13H19FN2O4S/c1-8-7-20-9(2)6-16(8)21(17,18)10-4-11(14)13(19-3)12(15)5-10/h4-5,8-9H,6-7,15H2,1-3H3. The summed E-state index contributed by atoms with van der Waals surface area (Å²) in [5.74, 6) is -0.956. The summed E-state index contributed by atoms with van der Waals surface area (Å²) in [6.07, 6.45) is -0.212.